The molecule has 0 atom stereocenters. The summed E-state index contributed by atoms with van der Waals surface area (Å²) in [6.07, 6.45) is 3.78. The van der Waals surface area contributed by atoms with Gasteiger partial charge in [-0.05, 0) is 18.4 Å². The van der Waals surface area contributed by atoms with Gasteiger partial charge in [0, 0.05) is 6.04 Å². The molecule has 2 rings (SSSR count). The lowest BCUT2D eigenvalue weighted by Crippen LogP contribution is -2.45. The second-order valence-corrected chi connectivity index (χ2v) is 6.57. The van der Waals surface area contributed by atoms with E-state index in [0.717, 1.165) is 37.7 Å². The van der Waals surface area contributed by atoms with Crippen molar-refractivity contribution in [2.75, 3.05) is 0 Å². The quantitative estimate of drug-likeness (QED) is 0.872. The smallest absolute Gasteiger partial charge is 0.422 e. The molecule has 21 heavy (non-hydrogen) atoms. The maximum absolute atomic E-state index is 11.8. The van der Waals surface area contributed by atoms with Gasteiger partial charge in [-0.2, -0.15) is 13.1 Å². The molecule has 0 aromatic heterocycles. The van der Waals surface area contributed by atoms with Crippen molar-refractivity contribution in [1.29, 1.82) is 0 Å². The summed E-state index contributed by atoms with van der Waals surface area (Å²) in [4.78, 5) is 11.5. The Hall–Kier alpha value is -1.60. The lowest BCUT2D eigenvalue weighted by molar-refractivity contribution is 0.146. The molecular formula is C14H20N2O4S. The molecular weight excluding hydrogens is 292 g/mol. The normalized spacial score (nSPS) is 16.4. The second kappa shape index (κ2) is 7.42. The van der Waals surface area contributed by atoms with Crippen molar-refractivity contribution in [3.05, 3.63) is 35.9 Å². The monoisotopic (exact) mass is 312 g/mol. The van der Waals surface area contributed by atoms with E-state index < -0.39 is 16.3 Å². The zero-order valence-corrected chi connectivity index (χ0v) is 12.6. The molecule has 1 fully saturated rings. The van der Waals surface area contributed by atoms with Crippen LogP contribution < -0.4 is 9.44 Å². The fourth-order valence-corrected chi connectivity index (χ4v) is 3.34. The van der Waals surface area contributed by atoms with E-state index in [-0.39, 0.29) is 12.6 Å². The van der Waals surface area contributed by atoms with Crippen LogP contribution in [0.5, 0.6) is 0 Å². The van der Waals surface area contributed by atoms with Gasteiger partial charge in [-0.25, -0.2) is 9.52 Å². The molecule has 6 nitrogen and oxygen atoms in total. The molecule has 116 valence electrons. The minimum Gasteiger partial charge on any atom is -0.444 e. The molecule has 0 bridgehead atoms. The Bertz CT molecular complexity index is 554. The predicted octanol–water partition coefficient (Wildman–Crippen LogP) is 2.08. The Kier molecular flexibility index (Phi) is 5.58. The minimum atomic E-state index is -3.86. The van der Waals surface area contributed by atoms with Gasteiger partial charge in [0.1, 0.15) is 6.61 Å². The minimum absolute atomic E-state index is 0.0334. The molecule has 0 spiro atoms. The third kappa shape index (κ3) is 5.73. The third-order valence-corrected chi connectivity index (χ3v) is 4.44. The molecule has 1 aliphatic rings. The van der Waals surface area contributed by atoms with Crippen LogP contribution in [0, 0.1) is 0 Å². The highest BCUT2D eigenvalue weighted by Crippen LogP contribution is 2.17. The van der Waals surface area contributed by atoms with Crippen molar-refractivity contribution < 1.29 is 17.9 Å². The lowest BCUT2D eigenvalue weighted by Gasteiger charge is -2.22. The number of benzene rings is 1. The van der Waals surface area contributed by atoms with Crippen molar-refractivity contribution in [2.24, 2.45) is 0 Å². The van der Waals surface area contributed by atoms with Crippen molar-refractivity contribution >= 4 is 16.3 Å². The zero-order chi connectivity index (χ0) is 15.1. The van der Waals surface area contributed by atoms with Crippen molar-refractivity contribution in [1.82, 2.24) is 9.44 Å². The number of carbonyl (C=O) groups excluding carboxylic acids is 1. The van der Waals surface area contributed by atoms with E-state index in [2.05, 4.69) is 4.72 Å². The molecule has 0 saturated heterocycles. The van der Waals surface area contributed by atoms with Gasteiger partial charge in [0.05, 0.1) is 0 Å². The van der Waals surface area contributed by atoms with Gasteiger partial charge in [-0.15, -0.1) is 0 Å². The molecule has 1 aromatic carbocycles. The van der Waals surface area contributed by atoms with Gasteiger partial charge in [0.2, 0.25) is 0 Å². The number of ether oxygens (including phenoxy) is 1. The summed E-state index contributed by atoms with van der Waals surface area (Å²) < 4.78 is 32.8. The summed E-state index contributed by atoms with van der Waals surface area (Å²) in [5.41, 5.74) is 0.797. The number of hydrogen-bond acceptors (Lipinski definition) is 4. The van der Waals surface area contributed by atoms with Crippen molar-refractivity contribution in [3.63, 3.8) is 0 Å². The Balaban J connectivity index is 1.77. The molecule has 0 unspecified atom stereocenters. The first-order valence-electron chi connectivity index (χ1n) is 7.06. The topological polar surface area (TPSA) is 84.5 Å². The Labute approximate surface area is 125 Å². The van der Waals surface area contributed by atoms with Crippen LogP contribution in [0.4, 0.5) is 4.79 Å². The summed E-state index contributed by atoms with van der Waals surface area (Å²) in [6, 6.07) is 8.97. The summed E-state index contributed by atoms with van der Waals surface area (Å²) in [5, 5.41) is 0. The largest absolute Gasteiger partial charge is 0.444 e. The van der Waals surface area contributed by atoms with Crippen LogP contribution in [-0.4, -0.2) is 20.6 Å². The SMILES string of the molecule is O=C(NS(=O)(=O)NC1CCCCC1)OCc1ccccc1. The number of carbonyl (C=O) groups is 1. The number of rotatable bonds is 5. The molecule has 0 heterocycles. The van der Waals surface area contributed by atoms with Gasteiger partial charge in [-0.1, -0.05) is 49.6 Å². The maximum atomic E-state index is 11.8. The highest BCUT2D eigenvalue weighted by molar-refractivity contribution is 7.88. The standard InChI is InChI=1S/C14H20N2O4S/c17-14(20-11-12-7-3-1-4-8-12)16-21(18,19)15-13-9-5-2-6-10-13/h1,3-4,7-8,13,15H,2,5-6,9-11H2,(H,16,17). The van der Waals surface area contributed by atoms with E-state index in [1.807, 2.05) is 22.9 Å². The van der Waals surface area contributed by atoms with Crippen LogP contribution in [0.15, 0.2) is 30.3 Å². The van der Waals surface area contributed by atoms with Crippen molar-refractivity contribution in [3.8, 4) is 0 Å². The summed E-state index contributed by atoms with van der Waals surface area (Å²) in [5.74, 6) is 0. The molecule has 1 aromatic rings. The molecule has 1 saturated carbocycles. The predicted molar refractivity (Wildman–Crippen MR) is 78.7 cm³/mol. The highest BCUT2D eigenvalue weighted by atomic mass is 32.2. The van der Waals surface area contributed by atoms with E-state index in [0.29, 0.717) is 0 Å². The molecule has 0 aliphatic heterocycles. The van der Waals surface area contributed by atoms with Gasteiger partial charge in [0.15, 0.2) is 0 Å². The number of nitrogens with one attached hydrogen (secondary N) is 2. The molecule has 7 heteroatoms. The molecule has 1 amide bonds. The number of hydrogen-bond donors (Lipinski definition) is 2. The fraction of sp³-hybridized carbons (Fsp3) is 0.500. The van der Waals surface area contributed by atoms with Gasteiger partial charge < -0.3 is 4.74 Å². The van der Waals surface area contributed by atoms with Crippen LogP contribution >= 0.6 is 0 Å². The summed E-state index contributed by atoms with van der Waals surface area (Å²) >= 11 is 0. The first-order valence-corrected chi connectivity index (χ1v) is 8.54. The van der Waals surface area contributed by atoms with E-state index in [4.69, 9.17) is 4.74 Å². The van der Waals surface area contributed by atoms with Gasteiger partial charge in [0.25, 0.3) is 0 Å². The van der Waals surface area contributed by atoms with E-state index in [1.54, 1.807) is 12.1 Å². The summed E-state index contributed by atoms with van der Waals surface area (Å²) in [6.45, 7) is 0.0334. The third-order valence-electron chi connectivity index (χ3n) is 3.36. The Morgan fingerprint density at radius 1 is 1.14 bits per heavy atom. The summed E-state index contributed by atoms with van der Waals surface area (Å²) in [7, 11) is -3.86. The van der Waals surface area contributed by atoms with Gasteiger partial charge in [-0.3, -0.25) is 0 Å². The Morgan fingerprint density at radius 2 is 1.81 bits per heavy atom. The first-order chi connectivity index (χ1) is 10.1. The average molecular weight is 312 g/mol. The van der Waals surface area contributed by atoms with E-state index >= 15 is 0 Å². The fourth-order valence-electron chi connectivity index (χ4n) is 2.33. The molecule has 1 aliphatic carbocycles. The van der Waals surface area contributed by atoms with Crippen LogP contribution in [0.25, 0.3) is 0 Å². The number of amides is 1. The van der Waals surface area contributed by atoms with Crippen LogP contribution in [-0.2, 0) is 21.6 Å². The lowest BCUT2D eigenvalue weighted by atomic mass is 9.96. The molecule has 2 N–H and O–H groups in total. The Morgan fingerprint density at radius 3 is 2.48 bits per heavy atom. The van der Waals surface area contributed by atoms with Crippen LogP contribution in [0.1, 0.15) is 37.7 Å². The second-order valence-electron chi connectivity index (χ2n) is 5.12. The van der Waals surface area contributed by atoms with Crippen molar-refractivity contribution in [2.45, 2.75) is 44.8 Å². The van der Waals surface area contributed by atoms with E-state index in [1.165, 1.54) is 0 Å². The maximum Gasteiger partial charge on any atom is 0.422 e. The zero-order valence-electron chi connectivity index (χ0n) is 11.7. The highest BCUT2D eigenvalue weighted by Gasteiger charge is 2.22. The van der Waals surface area contributed by atoms with E-state index in [9.17, 15) is 13.2 Å². The molecule has 0 radical (unpaired) electrons. The van der Waals surface area contributed by atoms with Gasteiger partial charge >= 0.3 is 16.3 Å². The van der Waals surface area contributed by atoms with Crippen LogP contribution in [0.3, 0.4) is 0 Å². The average Bonchev–Trinajstić information content (AvgIpc) is 2.46. The first kappa shape index (κ1) is 15.8. The van der Waals surface area contributed by atoms with Crippen LogP contribution in [0.2, 0.25) is 0 Å².